The summed E-state index contributed by atoms with van der Waals surface area (Å²) in [5.74, 6) is 0.489. The molecule has 0 aliphatic heterocycles. The fraction of sp³-hybridized carbons (Fsp3) is 0.812. The molecule has 0 saturated carbocycles. The molecule has 1 unspecified atom stereocenters. The van der Waals surface area contributed by atoms with E-state index in [0.29, 0.717) is 5.92 Å². The van der Waals surface area contributed by atoms with Crippen molar-refractivity contribution in [3.05, 3.63) is 16.1 Å². The molecule has 1 rings (SSSR count). The van der Waals surface area contributed by atoms with Crippen molar-refractivity contribution in [2.75, 3.05) is 20.3 Å². The topological polar surface area (TPSA) is 34.1 Å². The molecule has 4 heteroatoms. The lowest BCUT2D eigenvalue weighted by Gasteiger charge is -2.36. The van der Waals surface area contributed by atoms with Crippen LogP contribution < -0.4 is 5.32 Å². The van der Waals surface area contributed by atoms with Crippen LogP contribution in [0.5, 0.6) is 0 Å². The van der Waals surface area contributed by atoms with Crippen LogP contribution in [-0.4, -0.2) is 25.2 Å². The summed E-state index contributed by atoms with van der Waals surface area (Å²) in [6.07, 6.45) is 1.03. The predicted molar refractivity (Wildman–Crippen MR) is 87.5 cm³/mol. The Kier molecular flexibility index (Phi) is 6.17. The van der Waals surface area contributed by atoms with E-state index in [1.165, 1.54) is 10.7 Å². The van der Waals surface area contributed by atoms with Gasteiger partial charge in [0.2, 0.25) is 0 Å². The first-order valence-electron chi connectivity index (χ1n) is 7.48. The van der Waals surface area contributed by atoms with Crippen LogP contribution in [0.25, 0.3) is 0 Å². The van der Waals surface area contributed by atoms with Gasteiger partial charge in [-0.15, -0.1) is 11.3 Å². The molecule has 0 radical (unpaired) electrons. The second-order valence-electron chi connectivity index (χ2n) is 6.69. The van der Waals surface area contributed by atoms with Gasteiger partial charge >= 0.3 is 0 Å². The van der Waals surface area contributed by atoms with Crippen LogP contribution in [0.3, 0.4) is 0 Å². The van der Waals surface area contributed by atoms with Gasteiger partial charge in [0.15, 0.2) is 0 Å². The molecule has 0 fully saturated rings. The van der Waals surface area contributed by atoms with Crippen molar-refractivity contribution in [1.29, 1.82) is 0 Å². The highest BCUT2D eigenvalue weighted by molar-refractivity contribution is 7.09. The molecule has 0 aliphatic carbocycles. The number of methoxy groups -OCH3 is 1. The predicted octanol–water partition coefficient (Wildman–Crippen LogP) is 3.94. The second kappa shape index (κ2) is 7.01. The maximum absolute atomic E-state index is 5.18. The summed E-state index contributed by atoms with van der Waals surface area (Å²) in [5.41, 5.74) is 1.24. The van der Waals surface area contributed by atoms with Crippen LogP contribution in [0.2, 0.25) is 0 Å². The third kappa shape index (κ3) is 3.80. The fourth-order valence-corrected chi connectivity index (χ4v) is 3.85. The number of aromatic nitrogens is 1. The Bertz CT molecular complexity index is 409. The van der Waals surface area contributed by atoms with E-state index >= 15 is 0 Å². The second-order valence-corrected chi connectivity index (χ2v) is 7.55. The number of nitrogens with one attached hydrogen (secondary N) is 1. The molecular weight excluding hydrogens is 268 g/mol. The van der Waals surface area contributed by atoms with E-state index in [0.717, 1.165) is 19.6 Å². The molecule has 0 amide bonds. The molecule has 0 saturated heterocycles. The van der Waals surface area contributed by atoms with Gasteiger partial charge in [0, 0.05) is 24.4 Å². The summed E-state index contributed by atoms with van der Waals surface area (Å²) in [4.78, 5) is 4.94. The van der Waals surface area contributed by atoms with E-state index in [2.05, 4.69) is 52.2 Å². The van der Waals surface area contributed by atoms with Crippen molar-refractivity contribution in [1.82, 2.24) is 10.3 Å². The highest BCUT2D eigenvalue weighted by Crippen LogP contribution is 2.37. The fourth-order valence-electron chi connectivity index (χ4n) is 2.41. The van der Waals surface area contributed by atoms with Gasteiger partial charge in [-0.1, -0.05) is 41.5 Å². The molecule has 1 aromatic rings. The zero-order valence-corrected chi connectivity index (χ0v) is 14.9. The number of rotatable bonds is 7. The van der Waals surface area contributed by atoms with E-state index in [4.69, 9.17) is 9.72 Å². The number of hydrogen-bond donors (Lipinski definition) is 1. The molecular formula is C16H30N2OS. The summed E-state index contributed by atoms with van der Waals surface area (Å²) >= 11 is 1.78. The molecule has 0 aromatic carbocycles. The molecule has 1 N–H and O–H groups in total. The number of hydrogen-bond acceptors (Lipinski definition) is 4. The van der Waals surface area contributed by atoms with Gasteiger partial charge in [-0.2, -0.15) is 0 Å². The quantitative estimate of drug-likeness (QED) is 0.774. The Morgan fingerprint density at radius 1 is 1.35 bits per heavy atom. The lowest BCUT2D eigenvalue weighted by molar-refractivity contribution is 0.162. The van der Waals surface area contributed by atoms with Crippen molar-refractivity contribution in [3.8, 4) is 0 Å². The van der Waals surface area contributed by atoms with Crippen molar-refractivity contribution < 1.29 is 4.74 Å². The maximum atomic E-state index is 5.18. The van der Waals surface area contributed by atoms with Crippen molar-refractivity contribution in [2.24, 2.45) is 5.92 Å². The Labute approximate surface area is 128 Å². The number of nitrogens with zero attached hydrogens (tertiary/aromatic N) is 1. The minimum Gasteiger partial charge on any atom is -0.383 e. The third-order valence-electron chi connectivity index (χ3n) is 3.94. The van der Waals surface area contributed by atoms with Crippen LogP contribution in [0, 0.1) is 5.92 Å². The van der Waals surface area contributed by atoms with Crippen LogP contribution in [-0.2, 0) is 15.7 Å². The summed E-state index contributed by atoms with van der Waals surface area (Å²) in [7, 11) is 1.74. The van der Waals surface area contributed by atoms with Gasteiger partial charge in [-0.25, -0.2) is 4.98 Å². The summed E-state index contributed by atoms with van der Waals surface area (Å²) in [6.45, 7) is 15.0. The van der Waals surface area contributed by atoms with E-state index in [-0.39, 0.29) is 11.0 Å². The van der Waals surface area contributed by atoms with Crippen LogP contribution in [0.1, 0.15) is 58.7 Å². The summed E-state index contributed by atoms with van der Waals surface area (Å²) in [5, 5.41) is 7.10. The zero-order chi connectivity index (χ0) is 15.4. The van der Waals surface area contributed by atoms with Gasteiger partial charge in [0.05, 0.1) is 17.8 Å². The third-order valence-corrected chi connectivity index (χ3v) is 4.96. The maximum Gasteiger partial charge on any atom is 0.113 e. The normalized spacial score (nSPS) is 15.6. The standard InChI is InChI=1S/C16H30N2OS/c1-8-16(12(2)3,17-9-10-19-7)14-18-13(11-20-14)15(4,5)6/h11-12,17H,8-10H2,1-7H3. The van der Waals surface area contributed by atoms with Crippen molar-refractivity contribution >= 4 is 11.3 Å². The Morgan fingerprint density at radius 3 is 2.40 bits per heavy atom. The lowest BCUT2D eigenvalue weighted by Crippen LogP contribution is -2.47. The molecule has 116 valence electrons. The first kappa shape index (κ1) is 17.6. The van der Waals surface area contributed by atoms with E-state index in [1.807, 2.05) is 0 Å². The van der Waals surface area contributed by atoms with E-state index < -0.39 is 0 Å². The first-order valence-corrected chi connectivity index (χ1v) is 8.36. The lowest BCUT2D eigenvalue weighted by atomic mass is 9.84. The molecule has 0 aliphatic rings. The van der Waals surface area contributed by atoms with Crippen molar-refractivity contribution in [3.63, 3.8) is 0 Å². The molecule has 1 aromatic heterocycles. The average molecular weight is 298 g/mol. The van der Waals surface area contributed by atoms with Crippen molar-refractivity contribution in [2.45, 2.75) is 58.9 Å². The Balaban J connectivity index is 3.07. The number of thiazole rings is 1. The number of ether oxygens (including phenoxy) is 1. The van der Waals surface area contributed by atoms with Crippen LogP contribution >= 0.6 is 11.3 Å². The molecule has 0 spiro atoms. The van der Waals surface area contributed by atoms with Gasteiger partial charge in [0.1, 0.15) is 5.01 Å². The Morgan fingerprint density at radius 2 is 2.00 bits per heavy atom. The molecule has 1 atom stereocenters. The molecule has 1 heterocycles. The van der Waals surface area contributed by atoms with Gasteiger partial charge < -0.3 is 10.1 Å². The summed E-state index contributed by atoms with van der Waals surface area (Å²) < 4.78 is 5.18. The minimum atomic E-state index is -0.0489. The summed E-state index contributed by atoms with van der Waals surface area (Å²) in [6, 6.07) is 0. The van der Waals surface area contributed by atoms with Gasteiger partial charge in [-0.05, 0) is 12.3 Å². The van der Waals surface area contributed by atoms with Gasteiger partial charge in [-0.3, -0.25) is 0 Å². The first-order chi connectivity index (χ1) is 9.28. The largest absolute Gasteiger partial charge is 0.383 e. The molecule has 20 heavy (non-hydrogen) atoms. The van der Waals surface area contributed by atoms with Crippen LogP contribution in [0.15, 0.2) is 5.38 Å². The monoisotopic (exact) mass is 298 g/mol. The highest BCUT2D eigenvalue weighted by atomic mass is 32.1. The highest BCUT2D eigenvalue weighted by Gasteiger charge is 2.37. The average Bonchev–Trinajstić information content (AvgIpc) is 2.84. The Hall–Kier alpha value is -0.450. The molecule has 3 nitrogen and oxygen atoms in total. The zero-order valence-electron chi connectivity index (χ0n) is 14.0. The van der Waals surface area contributed by atoms with E-state index in [9.17, 15) is 0 Å². The van der Waals surface area contributed by atoms with E-state index in [1.54, 1.807) is 18.4 Å². The minimum absolute atomic E-state index is 0.0489. The van der Waals surface area contributed by atoms with Crippen LogP contribution in [0.4, 0.5) is 0 Å². The molecule has 0 bridgehead atoms. The SMILES string of the molecule is CCC(NCCOC)(c1nc(C(C)(C)C)cs1)C(C)C. The van der Waals surface area contributed by atoms with Gasteiger partial charge in [0.25, 0.3) is 0 Å². The smallest absolute Gasteiger partial charge is 0.113 e.